The first kappa shape index (κ1) is 16.0. The van der Waals surface area contributed by atoms with Gasteiger partial charge in [-0.25, -0.2) is 0 Å². The van der Waals surface area contributed by atoms with Crippen molar-refractivity contribution in [3.05, 3.63) is 70.2 Å². The van der Waals surface area contributed by atoms with E-state index in [1.165, 1.54) is 16.0 Å². The van der Waals surface area contributed by atoms with E-state index in [0.29, 0.717) is 10.6 Å². The smallest absolute Gasteiger partial charge is 0.254 e. The summed E-state index contributed by atoms with van der Waals surface area (Å²) < 4.78 is 0. The van der Waals surface area contributed by atoms with Crippen LogP contribution in [0.2, 0.25) is 5.02 Å². The molecule has 1 aliphatic rings. The molecule has 1 N–H and O–H groups in total. The second kappa shape index (κ2) is 7.16. The summed E-state index contributed by atoms with van der Waals surface area (Å²) in [6.45, 7) is 6.70. The number of benzene rings is 2. The first-order valence-electron chi connectivity index (χ1n) is 8.06. The number of rotatable bonds is 3. The molecule has 1 saturated heterocycles. The third-order valence-corrected chi connectivity index (χ3v) is 4.64. The highest BCUT2D eigenvalue weighted by atomic mass is 35.5. The van der Waals surface area contributed by atoms with E-state index >= 15 is 0 Å². The van der Waals surface area contributed by atoms with Gasteiger partial charge in [0.15, 0.2) is 0 Å². The van der Waals surface area contributed by atoms with E-state index in [2.05, 4.69) is 31.2 Å². The molecule has 0 saturated carbocycles. The lowest BCUT2D eigenvalue weighted by atomic mass is 10.1. The second-order valence-electron chi connectivity index (χ2n) is 6.21. The summed E-state index contributed by atoms with van der Waals surface area (Å²) in [6.07, 6.45) is 0. The molecule has 0 atom stereocenters. The fourth-order valence-electron chi connectivity index (χ4n) is 3.00. The van der Waals surface area contributed by atoms with Crippen molar-refractivity contribution in [1.29, 1.82) is 0 Å². The Morgan fingerprint density at radius 3 is 2.48 bits per heavy atom. The average Bonchev–Trinajstić information content (AvgIpc) is 2.57. The number of halogens is 1. The Morgan fingerprint density at radius 2 is 1.83 bits per heavy atom. The van der Waals surface area contributed by atoms with Crippen LogP contribution in [0.4, 0.5) is 0 Å². The molecule has 23 heavy (non-hydrogen) atoms. The van der Waals surface area contributed by atoms with Gasteiger partial charge in [-0.15, -0.1) is 0 Å². The van der Waals surface area contributed by atoms with Gasteiger partial charge in [0.05, 0.1) is 26.2 Å². The van der Waals surface area contributed by atoms with Crippen molar-refractivity contribution < 1.29 is 9.69 Å². The van der Waals surface area contributed by atoms with E-state index in [1.54, 1.807) is 12.1 Å². The number of hydrogen-bond acceptors (Lipinski definition) is 1. The second-order valence-corrected chi connectivity index (χ2v) is 6.65. The number of amides is 1. The van der Waals surface area contributed by atoms with Crippen LogP contribution in [0.1, 0.15) is 21.5 Å². The molecule has 0 spiro atoms. The molecule has 1 fully saturated rings. The van der Waals surface area contributed by atoms with Gasteiger partial charge in [-0.3, -0.25) is 4.79 Å². The molecule has 1 amide bonds. The van der Waals surface area contributed by atoms with Gasteiger partial charge in [0.25, 0.3) is 5.91 Å². The topological polar surface area (TPSA) is 24.8 Å². The lowest BCUT2D eigenvalue weighted by molar-refractivity contribution is -0.917. The van der Waals surface area contributed by atoms with Gasteiger partial charge in [0.1, 0.15) is 6.54 Å². The van der Waals surface area contributed by atoms with Crippen molar-refractivity contribution in [2.45, 2.75) is 13.5 Å². The summed E-state index contributed by atoms with van der Waals surface area (Å²) in [7, 11) is 0. The van der Waals surface area contributed by atoms with Crippen LogP contribution in [0.5, 0.6) is 0 Å². The zero-order valence-corrected chi connectivity index (χ0v) is 14.1. The number of carbonyl (C=O) groups is 1. The van der Waals surface area contributed by atoms with E-state index in [9.17, 15) is 4.79 Å². The number of piperazine rings is 1. The number of hydrogen-bond donors (Lipinski definition) is 1. The van der Waals surface area contributed by atoms with Crippen molar-refractivity contribution in [3.63, 3.8) is 0 Å². The highest BCUT2D eigenvalue weighted by Gasteiger charge is 2.24. The van der Waals surface area contributed by atoms with Gasteiger partial charge >= 0.3 is 0 Å². The Morgan fingerprint density at radius 1 is 1.13 bits per heavy atom. The molecule has 2 aromatic rings. The molecule has 0 aliphatic carbocycles. The van der Waals surface area contributed by atoms with Crippen LogP contribution in [0.15, 0.2) is 48.5 Å². The summed E-state index contributed by atoms with van der Waals surface area (Å²) >= 11 is 5.98. The van der Waals surface area contributed by atoms with Crippen LogP contribution in [-0.2, 0) is 6.54 Å². The molecular weight excluding hydrogens is 308 g/mol. The quantitative estimate of drug-likeness (QED) is 0.917. The summed E-state index contributed by atoms with van der Waals surface area (Å²) in [6, 6.07) is 15.9. The molecule has 0 bridgehead atoms. The summed E-state index contributed by atoms with van der Waals surface area (Å²) in [4.78, 5) is 16.0. The molecule has 0 unspecified atom stereocenters. The average molecular weight is 330 g/mol. The number of carbonyl (C=O) groups excluding carboxylic acids is 1. The Hall–Kier alpha value is -1.84. The number of nitrogens with zero attached hydrogens (tertiary/aromatic N) is 1. The van der Waals surface area contributed by atoms with Crippen molar-refractivity contribution >= 4 is 17.5 Å². The van der Waals surface area contributed by atoms with Gasteiger partial charge < -0.3 is 9.80 Å². The normalized spacial score (nSPS) is 15.7. The molecule has 0 radical (unpaired) electrons. The molecule has 4 heteroatoms. The molecule has 120 valence electrons. The number of aryl methyl sites for hydroxylation is 1. The maximum Gasteiger partial charge on any atom is 0.254 e. The number of quaternary nitrogens is 1. The largest absolute Gasteiger partial charge is 0.328 e. The van der Waals surface area contributed by atoms with Crippen LogP contribution >= 0.6 is 11.6 Å². The van der Waals surface area contributed by atoms with Gasteiger partial charge in [-0.05, 0) is 25.1 Å². The Kier molecular flexibility index (Phi) is 4.99. The van der Waals surface area contributed by atoms with Gasteiger partial charge in [-0.1, -0.05) is 47.5 Å². The first-order valence-corrected chi connectivity index (χ1v) is 8.43. The third kappa shape index (κ3) is 4.12. The lowest BCUT2D eigenvalue weighted by Gasteiger charge is -2.32. The first-order chi connectivity index (χ1) is 11.1. The summed E-state index contributed by atoms with van der Waals surface area (Å²) in [5, 5.41) is 0.611. The van der Waals surface area contributed by atoms with Crippen LogP contribution in [0, 0.1) is 6.92 Å². The zero-order chi connectivity index (χ0) is 16.2. The van der Waals surface area contributed by atoms with E-state index in [-0.39, 0.29) is 5.91 Å². The minimum Gasteiger partial charge on any atom is -0.328 e. The fourth-order valence-corrected chi connectivity index (χ4v) is 3.19. The molecule has 2 aromatic carbocycles. The van der Waals surface area contributed by atoms with E-state index in [0.717, 1.165) is 32.7 Å². The highest BCUT2D eigenvalue weighted by molar-refractivity contribution is 6.30. The van der Waals surface area contributed by atoms with Crippen molar-refractivity contribution in [2.75, 3.05) is 26.2 Å². The van der Waals surface area contributed by atoms with Crippen LogP contribution in [0.25, 0.3) is 0 Å². The maximum absolute atomic E-state index is 12.5. The predicted octanol–water partition coefficient (Wildman–Crippen LogP) is 2.19. The maximum atomic E-state index is 12.5. The predicted molar refractivity (Wildman–Crippen MR) is 92.9 cm³/mol. The zero-order valence-electron chi connectivity index (χ0n) is 13.4. The molecule has 1 heterocycles. The molecule has 0 aromatic heterocycles. The molecular formula is C19H22ClN2O+. The minimum absolute atomic E-state index is 0.0851. The third-order valence-electron chi connectivity index (χ3n) is 4.40. The fraction of sp³-hybridized carbons (Fsp3) is 0.316. The van der Waals surface area contributed by atoms with Crippen molar-refractivity contribution in [1.82, 2.24) is 4.90 Å². The lowest BCUT2D eigenvalue weighted by Crippen LogP contribution is -3.13. The van der Waals surface area contributed by atoms with Crippen LogP contribution < -0.4 is 4.90 Å². The highest BCUT2D eigenvalue weighted by Crippen LogP contribution is 2.13. The van der Waals surface area contributed by atoms with Crippen molar-refractivity contribution in [3.8, 4) is 0 Å². The van der Waals surface area contributed by atoms with Crippen LogP contribution in [-0.4, -0.2) is 37.0 Å². The Bertz CT molecular complexity index is 676. The molecule has 3 rings (SSSR count). The molecule has 3 nitrogen and oxygen atoms in total. The molecule has 1 aliphatic heterocycles. The minimum atomic E-state index is 0.0851. The SMILES string of the molecule is Cc1ccc(C[NH+]2CCN(C(=O)c3cccc(Cl)c3)CC2)cc1. The van der Waals surface area contributed by atoms with Crippen molar-refractivity contribution in [2.24, 2.45) is 0 Å². The standard InChI is InChI=1S/C19H21ClN2O/c1-15-5-7-16(8-6-15)14-21-9-11-22(12-10-21)19(23)17-3-2-4-18(20)13-17/h2-8,13H,9-12,14H2,1H3/p+1. The van der Waals surface area contributed by atoms with E-state index in [4.69, 9.17) is 11.6 Å². The Labute approximate surface area is 142 Å². The monoisotopic (exact) mass is 329 g/mol. The van der Waals surface area contributed by atoms with Gasteiger partial charge in [0, 0.05) is 16.1 Å². The van der Waals surface area contributed by atoms with E-state index < -0.39 is 0 Å². The van der Waals surface area contributed by atoms with Gasteiger partial charge in [-0.2, -0.15) is 0 Å². The summed E-state index contributed by atoms with van der Waals surface area (Å²) in [5.74, 6) is 0.0851. The Balaban J connectivity index is 1.55. The van der Waals surface area contributed by atoms with E-state index in [1.807, 2.05) is 17.0 Å². The summed E-state index contributed by atoms with van der Waals surface area (Å²) in [5.41, 5.74) is 3.33. The number of nitrogens with one attached hydrogen (secondary N) is 1. The van der Waals surface area contributed by atoms with Crippen LogP contribution in [0.3, 0.4) is 0 Å². The van der Waals surface area contributed by atoms with Gasteiger partial charge in [0.2, 0.25) is 0 Å².